The van der Waals surface area contributed by atoms with Crippen molar-refractivity contribution in [2.45, 2.75) is 39.0 Å². The number of hydrogen-bond donors (Lipinski definition) is 3. The predicted molar refractivity (Wildman–Crippen MR) is 95.9 cm³/mol. The molecular weight excluding hydrogens is 332 g/mol. The summed E-state index contributed by atoms with van der Waals surface area (Å²) in [7, 11) is 0. The fraction of sp³-hybridized carbons (Fsp3) is 0.368. The zero-order valence-corrected chi connectivity index (χ0v) is 15.3. The normalized spacial score (nSPS) is 16.7. The summed E-state index contributed by atoms with van der Waals surface area (Å²) < 4.78 is 11.1. The van der Waals surface area contributed by atoms with Gasteiger partial charge in [0, 0.05) is 11.1 Å². The van der Waals surface area contributed by atoms with E-state index >= 15 is 0 Å². The molecule has 2 heterocycles. The van der Waals surface area contributed by atoms with Crippen molar-refractivity contribution < 1.29 is 14.6 Å². The Morgan fingerprint density at radius 1 is 1.42 bits per heavy atom. The number of aromatic hydroxyl groups is 1. The Bertz CT molecular complexity index is 916. The standard InChI is InChI=1S/C19H22N4O3/c1-5-25-13-8-10(6-7-12(13)24)14-11(9-20)17(21)26-18-15(14)16(22-23-18)19(2,3)4/h6-8,14,24H,5,21H2,1-4H3,(H,22,23)/t14-/m1/s1. The second-order valence-electron chi connectivity index (χ2n) is 7.15. The molecule has 3 rings (SSSR count). The number of ether oxygens (including phenoxy) is 2. The molecule has 0 aliphatic carbocycles. The van der Waals surface area contributed by atoms with Crippen LogP contribution in [0, 0.1) is 11.3 Å². The average Bonchev–Trinajstić information content (AvgIpc) is 2.99. The Labute approximate surface area is 152 Å². The Morgan fingerprint density at radius 3 is 2.77 bits per heavy atom. The highest BCUT2D eigenvalue weighted by Crippen LogP contribution is 2.46. The molecule has 0 radical (unpaired) electrons. The molecule has 0 amide bonds. The summed E-state index contributed by atoms with van der Waals surface area (Å²) in [5.41, 5.74) is 8.44. The molecule has 0 spiro atoms. The predicted octanol–water partition coefficient (Wildman–Crippen LogP) is 3.03. The minimum absolute atomic E-state index is 0.0306. The van der Waals surface area contributed by atoms with Gasteiger partial charge in [-0.3, -0.25) is 5.10 Å². The minimum atomic E-state index is -0.462. The number of phenols is 1. The van der Waals surface area contributed by atoms with Gasteiger partial charge in [-0.15, -0.1) is 5.10 Å². The van der Waals surface area contributed by atoms with Crippen molar-refractivity contribution >= 4 is 0 Å². The van der Waals surface area contributed by atoms with Crippen LogP contribution in [-0.2, 0) is 5.41 Å². The molecule has 0 bridgehead atoms. The van der Waals surface area contributed by atoms with Gasteiger partial charge in [0.1, 0.15) is 11.6 Å². The van der Waals surface area contributed by atoms with Crippen LogP contribution < -0.4 is 15.2 Å². The molecule has 1 aromatic carbocycles. The van der Waals surface area contributed by atoms with Crippen LogP contribution in [0.5, 0.6) is 17.4 Å². The molecule has 136 valence electrons. The van der Waals surface area contributed by atoms with Crippen LogP contribution in [0.15, 0.2) is 29.7 Å². The molecule has 0 unspecified atom stereocenters. The number of nitrogens with two attached hydrogens (primary N) is 1. The average molecular weight is 354 g/mol. The number of fused-ring (bicyclic) bond motifs is 1. The summed E-state index contributed by atoms with van der Waals surface area (Å²) in [5, 5.41) is 27.0. The molecule has 7 nitrogen and oxygen atoms in total. The maximum atomic E-state index is 10.0. The number of aromatic amines is 1. The van der Waals surface area contributed by atoms with Crippen LogP contribution in [0.3, 0.4) is 0 Å². The van der Waals surface area contributed by atoms with E-state index in [1.165, 1.54) is 0 Å². The summed E-state index contributed by atoms with van der Waals surface area (Å²) in [6.07, 6.45) is 0. The van der Waals surface area contributed by atoms with E-state index in [4.69, 9.17) is 15.2 Å². The molecule has 4 N–H and O–H groups in total. The number of nitrogens with zero attached hydrogens (tertiary/aromatic N) is 2. The summed E-state index contributed by atoms with van der Waals surface area (Å²) in [6, 6.07) is 7.19. The zero-order valence-electron chi connectivity index (χ0n) is 15.3. The van der Waals surface area contributed by atoms with Gasteiger partial charge in [-0.1, -0.05) is 26.8 Å². The first-order valence-corrected chi connectivity index (χ1v) is 8.40. The lowest BCUT2D eigenvalue weighted by Crippen LogP contribution is -2.23. The third kappa shape index (κ3) is 2.84. The van der Waals surface area contributed by atoms with E-state index in [0.29, 0.717) is 23.8 Å². The van der Waals surface area contributed by atoms with E-state index in [1.807, 2.05) is 27.7 Å². The van der Waals surface area contributed by atoms with Gasteiger partial charge in [0.05, 0.1) is 18.1 Å². The molecule has 0 fully saturated rings. The summed E-state index contributed by atoms with van der Waals surface area (Å²) in [5.74, 6) is 0.332. The first-order valence-electron chi connectivity index (χ1n) is 8.40. The highest BCUT2D eigenvalue weighted by atomic mass is 16.5. The number of benzene rings is 1. The Hall–Kier alpha value is -3.14. The van der Waals surface area contributed by atoms with E-state index in [2.05, 4.69) is 16.3 Å². The van der Waals surface area contributed by atoms with Gasteiger partial charge in [0.2, 0.25) is 11.8 Å². The van der Waals surface area contributed by atoms with Crippen molar-refractivity contribution in [3.63, 3.8) is 0 Å². The van der Waals surface area contributed by atoms with Crippen molar-refractivity contribution in [3.8, 4) is 23.4 Å². The molecule has 1 aliphatic heterocycles. The van der Waals surface area contributed by atoms with Gasteiger partial charge in [0.25, 0.3) is 0 Å². The SMILES string of the molecule is CCOc1cc([C@@H]2C(C#N)=C(N)Oc3n[nH]c(C(C)(C)C)c32)ccc1O. The molecule has 7 heteroatoms. The van der Waals surface area contributed by atoms with Crippen LogP contribution in [0.1, 0.15) is 50.4 Å². The van der Waals surface area contributed by atoms with Gasteiger partial charge < -0.3 is 20.3 Å². The first kappa shape index (κ1) is 17.7. The van der Waals surface area contributed by atoms with E-state index in [1.54, 1.807) is 18.2 Å². The molecule has 26 heavy (non-hydrogen) atoms. The Balaban J connectivity index is 2.24. The van der Waals surface area contributed by atoms with Gasteiger partial charge in [-0.25, -0.2) is 0 Å². The summed E-state index contributed by atoms with van der Waals surface area (Å²) >= 11 is 0. The number of rotatable bonds is 3. The van der Waals surface area contributed by atoms with Crippen molar-refractivity contribution in [1.29, 1.82) is 5.26 Å². The van der Waals surface area contributed by atoms with Crippen molar-refractivity contribution in [3.05, 3.63) is 46.5 Å². The lowest BCUT2D eigenvalue weighted by molar-refractivity contribution is 0.317. The highest BCUT2D eigenvalue weighted by molar-refractivity contribution is 5.58. The van der Waals surface area contributed by atoms with Gasteiger partial charge in [-0.2, -0.15) is 5.26 Å². The van der Waals surface area contributed by atoms with Gasteiger partial charge >= 0.3 is 0 Å². The van der Waals surface area contributed by atoms with E-state index < -0.39 is 5.92 Å². The van der Waals surface area contributed by atoms with E-state index in [0.717, 1.165) is 16.8 Å². The van der Waals surface area contributed by atoms with Crippen LogP contribution in [0.25, 0.3) is 0 Å². The third-order valence-corrected chi connectivity index (χ3v) is 4.31. The highest BCUT2D eigenvalue weighted by Gasteiger charge is 2.38. The lowest BCUT2D eigenvalue weighted by Gasteiger charge is -2.27. The largest absolute Gasteiger partial charge is 0.504 e. The van der Waals surface area contributed by atoms with Crippen LogP contribution in [0.2, 0.25) is 0 Å². The van der Waals surface area contributed by atoms with Gasteiger partial charge in [0.15, 0.2) is 11.5 Å². The summed E-state index contributed by atoms with van der Waals surface area (Å²) in [6.45, 7) is 8.40. The zero-order chi connectivity index (χ0) is 19.1. The number of H-pyrrole nitrogens is 1. The molecule has 2 aromatic rings. The maximum Gasteiger partial charge on any atom is 0.244 e. The molecule has 1 aromatic heterocycles. The number of nitriles is 1. The second kappa shape index (κ2) is 6.30. The fourth-order valence-corrected chi connectivity index (χ4v) is 3.13. The molecule has 1 atom stereocenters. The Morgan fingerprint density at radius 2 is 2.15 bits per heavy atom. The van der Waals surface area contributed by atoms with E-state index in [9.17, 15) is 10.4 Å². The Kier molecular flexibility index (Phi) is 4.28. The van der Waals surface area contributed by atoms with Crippen molar-refractivity contribution in [1.82, 2.24) is 10.2 Å². The summed E-state index contributed by atoms with van der Waals surface area (Å²) in [4.78, 5) is 0. The molecule has 1 aliphatic rings. The van der Waals surface area contributed by atoms with Crippen LogP contribution >= 0.6 is 0 Å². The number of nitrogens with one attached hydrogen (secondary N) is 1. The van der Waals surface area contributed by atoms with Crippen LogP contribution in [0.4, 0.5) is 0 Å². The quantitative estimate of drug-likeness (QED) is 0.780. The van der Waals surface area contributed by atoms with Gasteiger partial charge in [-0.05, 0) is 24.6 Å². The third-order valence-electron chi connectivity index (χ3n) is 4.31. The topological polar surface area (TPSA) is 117 Å². The lowest BCUT2D eigenvalue weighted by atomic mass is 9.79. The minimum Gasteiger partial charge on any atom is -0.504 e. The number of phenolic OH excluding ortho intramolecular Hbond substituents is 1. The number of allylic oxidation sites excluding steroid dienone is 1. The molecule has 0 saturated carbocycles. The van der Waals surface area contributed by atoms with E-state index in [-0.39, 0.29) is 17.0 Å². The fourth-order valence-electron chi connectivity index (χ4n) is 3.13. The monoisotopic (exact) mass is 354 g/mol. The first-order chi connectivity index (χ1) is 12.3. The number of hydrogen-bond acceptors (Lipinski definition) is 6. The molecular formula is C19H22N4O3. The number of aromatic nitrogens is 2. The maximum absolute atomic E-state index is 10.0. The van der Waals surface area contributed by atoms with Crippen molar-refractivity contribution in [2.75, 3.05) is 6.61 Å². The second-order valence-corrected chi connectivity index (χ2v) is 7.15. The molecule has 0 saturated heterocycles. The van der Waals surface area contributed by atoms with Crippen LogP contribution in [-0.4, -0.2) is 21.9 Å². The van der Waals surface area contributed by atoms with Crippen molar-refractivity contribution in [2.24, 2.45) is 5.73 Å². The smallest absolute Gasteiger partial charge is 0.244 e.